The van der Waals surface area contributed by atoms with Crippen molar-refractivity contribution in [3.05, 3.63) is 0 Å². The number of fused-ring (bicyclic) bond motifs is 3. The number of hydrogen-bond acceptors (Lipinski definition) is 2. The van der Waals surface area contributed by atoms with E-state index in [0.717, 1.165) is 24.7 Å². The molecule has 0 radical (unpaired) electrons. The van der Waals surface area contributed by atoms with Gasteiger partial charge in [-0.3, -0.25) is 4.90 Å². The van der Waals surface area contributed by atoms with Gasteiger partial charge in [-0.2, -0.15) is 0 Å². The molecule has 0 aromatic heterocycles. The molecule has 0 amide bonds. The van der Waals surface area contributed by atoms with Crippen LogP contribution in [-0.4, -0.2) is 29.8 Å². The van der Waals surface area contributed by atoms with Crippen molar-refractivity contribution >= 4 is 0 Å². The molecule has 0 N–H and O–H groups in total. The van der Waals surface area contributed by atoms with Gasteiger partial charge in [-0.05, 0) is 32.6 Å². The fourth-order valence-corrected chi connectivity index (χ4v) is 3.75. The van der Waals surface area contributed by atoms with Crippen LogP contribution >= 0.6 is 0 Å². The lowest BCUT2D eigenvalue weighted by atomic mass is 9.85. The van der Waals surface area contributed by atoms with E-state index in [0.29, 0.717) is 6.10 Å². The van der Waals surface area contributed by atoms with Crippen LogP contribution in [0.4, 0.5) is 0 Å². The summed E-state index contributed by atoms with van der Waals surface area (Å²) in [5, 5.41) is 0. The third-order valence-electron chi connectivity index (χ3n) is 4.55. The lowest BCUT2D eigenvalue weighted by molar-refractivity contribution is -0.148. The second-order valence-electron chi connectivity index (χ2n) is 5.29. The van der Waals surface area contributed by atoms with Gasteiger partial charge >= 0.3 is 0 Å². The summed E-state index contributed by atoms with van der Waals surface area (Å²) in [6, 6.07) is 1.62. The minimum absolute atomic E-state index is 0.613. The summed E-state index contributed by atoms with van der Waals surface area (Å²) >= 11 is 0. The van der Waals surface area contributed by atoms with Crippen molar-refractivity contribution < 1.29 is 4.74 Å². The third kappa shape index (κ3) is 1.31. The predicted molar refractivity (Wildman–Crippen MR) is 56.0 cm³/mol. The van der Waals surface area contributed by atoms with E-state index in [9.17, 15) is 0 Å². The SMILES string of the molecule is C[C@H]1CCC[C@H]2[C@H]3CCC[C@@H]3OCN12. The summed E-state index contributed by atoms with van der Waals surface area (Å²) in [4.78, 5) is 2.62. The lowest BCUT2D eigenvalue weighted by Gasteiger charge is -2.48. The van der Waals surface area contributed by atoms with E-state index in [1.807, 2.05) is 0 Å². The summed E-state index contributed by atoms with van der Waals surface area (Å²) in [5.41, 5.74) is 0. The smallest absolute Gasteiger partial charge is 0.0998 e. The summed E-state index contributed by atoms with van der Waals surface area (Å²) in [7, 11) is 0. The molecule has 14 heavy (non-hydrogen) atoms. The summed E-state index contributed by atoms with van der Waals surface area (Å²) in [6.07, 6.45) is 8.98. The second-order valence-corrected chi connectivity index (χ2v) is 5.29. The Morgan fingerprint density at radius 2 is 1.93 bits per heavy atom. The molecule has 2 aliphatic heterocycles. The zero-order valence-corrected chi connectivity index (χ0v) is 9.11. The van der Waals surface area contributed by atoms with E-state index in [-0.39, 0.29) is 0 Å². The molecular formula is C12H21NO. The Balaban J connectivity index is 1.79. The fourth-order valence-electron chi connectivity index (χ4n) is 3.75. The van der Waals surface area contributed by atoms with Crippen molar-refractivity contribution in [2.75, 3.05) is 6.73 Å². The van der Waals surface area contributed by atoms with Crippen LogP contribution < -0.4 is 0 Å². The molecule has 0 bridgehead atoms. The van der Waals surface area contributed by atoms with Crippen molar-refractivity contribution in [1.82, 2.24) is 4.90 Å². The fraction of sp³-hybridized carbons (Fsp3) is 1.00. The van der Waals surface area contributed by atoms with Crippen LogP contribution in [0.5, 0.6) is 0 Å². The van der Waals surface area contributed by atoms with Crippen LogP contribution in [0.15, 0.2) is 0 Å². The first-order chi connectivity index (χ1) is 6.86. The van der Waals surface area contributed by atoms with Gasteiger partial charge in [0.05, 0.1) is 12.8 Å². The molecule has 2 heteroatoms. The molecular weight excluding hydrogens is 174 g/mol. The maximum Gasteiger partial charge on any atom is 0.0998 e. The number of piperidine rings is 1. The van der Waals surface area contributed by atoms with Crippen molar-refractivity contribution in [1.29, 1.82) is 0 Å². The lowest BCUT2D eigenvalue weighted by Crippen LogP contribution is -2.55. The maximum atomic E-state index is 5.97. The molecule has 1 aliphatic carbocycles. The molecule has 2 heterocycles. The maximum absolute atomic E-state index is 5.97. The van der Waals surface area contributed by atoms with Gasteiger partial charge in [-0.1, -0.05) is 12.8 Å². The van der Waals surface area contributed by atoms with Gasteiger partial charge in [0, 0.05) is 18.0 Å². The molecule has 0 aromatic carbocycles. The Labute approximate surface area is 86.6 Å². The average molecular weight is 195 g/mol. The van der Waals surface area contributed by atoms with E-state index in [1.165, 1.54) is 38.5 Å². The monoisotopic (exact) mass is 195 g/mol. The molecule has 3 aliphatic rings. The quantitative estimate of drug-likeness (QED) is 0.588. The molecule has 1 saturated carbocycles. The van der Waals surface area contributed by atoms with Crippen molar-refractivity contribution in [3.8, 4) is 0 Å². The normalized spacial score (nSPS) is 48.6. The molecule has 0 unspecified atom stereocenters. The second kappa shape index (κ2) is 3.49. The van der Waals surface area contributed by atoms with E-state index in [1.54, 1.807) is 0 Å². The largest absolute Gasteiger partial charge is 0.362 e. The average Bonchev–Trinajstić information content (AvgIpc) is 2.66. The minimum atomic E-state index is 0.613. The number of hydrogen-bond donors (Lipinski definition) is 0. The first-order valence-corrected chi connectivity index (χ1v) is 6.23. The Morgan fingerprint density at radius 3 is 2.86 bits per heavy atom. The predicted octanol–water partition coefficient (Wildman–Crippen LogP) is 2.39. The molecule has 4 atom stereocenters. The van der Waals surface area contributed by atoms with Crippen LogP contribution in [0.3, 0.4) is 0 Å². The van der Waals surface area contributed by atoms with E-state index >= 15 is 0 Å². The Kier molecular flexibility index (Phi) is 2.29. The highest BCUT2D eigenvalue weighted by molar-refractivity contribution is 4.95. The zero-order chi connectivity index (χ0) is 9.54. The zero-order valence-electron chi connectivity index (χ0n) is 9.11. The Hall–Kier alpha value is -0.0800. The van der Waals surface area contributed by atoms with Crippen molar-refractivity contribution in [2.45, 2.75) is 63.6 Å². The topological polar surface area (TPSA) is 12.5 Å². The minimum Gasteiger partial charge on any atom is -0.362 e. The van der Waals surface area contributed by atoms with Gasteiger partial charge in [0.1, 0.15) is 0 Å². The van der Waals surface area contributed by atoms with Gasteiger partial charge < -0.3 is 4.74 Å². The third-order valence-corrected chi connectivity index (χ3v) is 4.55. The Bertz CT molecular complexity index is 216. The van der Waals surface area contributed by atoms with Crippen molar-refractivity contribution in [3.63, 3.8) is 0 Å². The standard InChI is InChI=1S/C12H21NO/c1-9-4-2-6-11-10-5-3-7-12(10)14-8-13(9)11/h9-12H,2-8H2,1H3/t9-,10+,11-,12-/m0/s1. The van der Waals surface area contributed by atoms with Crippen LogP contribution in [0.1, 0.15) is 45.4 Å². The van der Waals surface area contributed by atoms with E-state index < -0.39 is 0 Å². The first kappa shape index (κ1) is 9.17. The van der Waals surface area contributed by atoms with Crippen LogP contribution in [0.2, 0.25) is 0 Å². The van der Waals surface area contributed by atoms with Gasteiger partial charge in [0.15, 0.2) is 0 Å². The summed E-state index contributed by atoms with van der Waals surface area (Å²) in [6.45, 7) is 3.28. The molecule has 2 saturated heterocycles. The number of rotatable bonds is 0. The Morgan fingerprint density at radius 1 is 1.07 bits per heavy atom. The van der Waals surface area contributed by atoms with Crippen LogP contribution in [-0.2, 0) is 4.74 Å². The van der Waals surface area contributed by atoms with Gasteiger partial charge in [-0.15, -0.1) is 0 Å². The highest BCUT2D eigenvalue weighted by atomic mass is 16.5. The van der Waals surface area contributed by atoms with Crippen molar-refractivity contribution in [2.24, 2.45) is 5.92 Å². The van der Waals surface area contributed by atoms with Gasteiger partial charge in [0.25, 0.3) is 0 Å². The molecule has 0 spiro atoms. The molecule has 3 rings (SSSR count). The highest BCUT2D eigenvalue weighted by Gasteiger charge is 2.43. The van der Waals surface area contributed by atoms with E-state index in [2.05, 4.69) is 11.8 Å². The highest BCUT2D eigenvalue weighted by Crippen LogP contribution is 2.41. The van der Waals surface area contributed by atoms with Crippen LogP contribution in [0.25, 0.3) is 0 Å². The van der Waals surface area contributed by atoms with E-state index in [4.69, 9.17) is 4.74 Å². The van der Waals surface area contributed by atoms with Crippen LogP contribution in [0, 0.1) is 5.92 Å². The number of nitrogens with zero attached hydrogens (tertiary/aromatic N) is 1. The summed E-state index contributed by atoms with van der Waals surface area (Å²) < 4.78 is 5.97. The molecule has 80 valence electrons. The first-order valence-electron chi connectivity index (χ1n) is 6.23. The summed E-state index contributed by atoms with van der Waals surface area (Å²) in [5.74, 6) is 0.867. The van der Waals surface area contributed by atoms with Gasteiger partial charge in [-0.25, -0.2) is 0 Å². The molecule has 0 aromatic rings. The molecule has 3 fully saturated rings. The number of ether oxygens (including phenoxy) is 1. The van der Waals surface area contributed by atoms with Gasteiger partial charge in [0.2, 0.25) is 0 Å². The molecule has 2 nitrogen and oxygen atoms in total.